The zero-order valence-corrected chi connectivity index (χ0v) is 12.5. The largest absolute Gasteiger partial charge is 0.485 e. The van der Waals surface area contributed by atoms with E-state index in [1.165, 1.54) is 0 Å². The molecule has 0 fully saturated rings. The number of fused-ring (bicyclic) bond motifs is 1. The number of rotatable bonds is 2. The summed E-state index contributed by atoms with van der Waals surface area (Å²) in [6.45, 7) is 0. The Bertz CT molecular complexity index is 615. The van der Waals surface area contributed by atoms with E-state index in [4.69, 9.17) is 9.47 Å². The van der Waals surface area contributed by atoms with Crippen LogP contribution in [0.3, 0.4) is 0 Å². The smallest absolute Gasteiger partial charge is 0.212 e. The number of benzene rings is 1. The van der Waals surface area contributed by atoms with Crippen LogP contribution in [-0.4, -0.2) is 17.2 Å². The zero-order chi connectivity index (χ0) is 14.1. The second-order valence-corrected chi connectivity index (χ2v) is 5.59. The molecule has 0 saturated carbocycles. The number of aromatic nitrogens is 1. The van der Waals surface area contributed by atoms with Gasteiger partial charge in [0.15, 0.2) is 0 Å². The molecule has 0 radical (unpaired) electrons. The summed E-state index contributed by atoms with van der Waals surface area (Å²) in [4.78, 5) is 4.18. The molecule has 1 aromatic heterocycles. The molecule has 1 N–H and O–H groups in total. The van der Waals surface area contributed by atoms with E-state index in [1.54, 1.807) is 19.4 Å². The molecule has 0 aliphatic carbocycles. The topological polar surface area (TPSA) is 51.6 Å². The third-order valence-corrected chi connectivity index (χ3v) is 3.87. The second-order valence-electron chi connectivity index (χ2n) is 4.67. The monoisotopic (exact) mass is 335 g/mol. The van der Waals surface area contributed by atoms with Crippen molar-refractivity contribution in [3.63, 3.8) is 0 Å². The number of aliphatic hydroxyl groups excluding tert-OH is 1. The molecule has 3 rings (SSSR count). The van der Waals surface area contributed by atoms with Gasteiger partial charge in [-0.25, -0.2) is 4.98 Å². The standard InChI is InChI=1S/C15H14BrNO3/c1-19-15-5-2-9(8-17-15)14-7-12(18)11-6-10(16)3-4-13(11)20-14/h2-6,8,12,14,18H,7H2,1H3/t12-,14?/m0/s1. The Hall–Kier alpha value is -1.59. The SMILES string of the molecule is COc1ccc(C2C[C@H](O)c3cc(Br)ccc3O2)cn1. The van der Waals surface area contributed by atoms with Crippen molar-refractivity contribution in [2.24, 2.45) is 0 Å². The van der Waals surface area contributed by atoms with Crippen LogP contribution >= 0.6 is 15.9 Å². The van der Waals surface area contributed by atoms with Crippen LogP contribution in [0.15, 0.2) is 41.0 Å². The molecule has 2 aromatic rings. The van der Waals surface area contributed by atoms with Crippen LogP contribution in [0.5, 0.6) is 11.6 Å². The Morgan fingerprint density at radius 2 is 2.20 bits per heavy atom. The molecular formula is C15H14BrNO3. The fraction of sp³-hybridized carbons (Fsp3) is 0.267. The maximum absolute atomic E-state index is 10.3. The molecule has 20 heavy (non-hydrogen) atoms. The Balaban J connectivity index is 1.88. The van der Waals surface area contributed by atoms with Gasteiger partial charge >= 0.3 is 0 Å². The summed E-state index contributed by atoms with van der Waals surface area (Å²) in [5.41, 5.74) is 1.75. The van der Waals surface area contributed by atoms with Gasteiger partial charge < -0.3 is 14.6 Å². The molecule has 1 unspecified atom stereocenters. The number of ether oxygens (including phenoxy) is 2. The highest BCUT2D eigenvalue weighted by atomic mass is 79.9. The van der Waals surface area contributed by atoms with Gasteiger partial charge in [-0.2, -0.15) is 0 Å². The lowest BCUT2D eigenvalue weighted by Crippen LogP contribution is -2.19. The maximum Gasteiger partial charge on any atom is 0.212 e. The van der Waals surface area contributed by atoms with Crippen molar-refractivity contribution in [2.75, 3.05) is 7.11 Å². The van der Waals surface area contributed by atoms with Crippen LogP contribution < -0.4 is 9.47 Å². The molecule has 5 heteroatoms. The molecule has 0 amide bonds. The molecule has 0 bridgehead atoms. The zero-order valence-electron chi connectivity index (χ0n) is 10.9. The van der Waals surface area contributed by atoms with Gasteiger partial charge in [-0.05, 0) is 24.3 Å². The van der Waals surface area contributed by atoms with Crippen molar-refractivity contribution >= 4 is 15.9 Å². The average molecular weight is 336 g/mol. The van der Waals surface area contributed by atoms with Gasteiger partial charge in [0.05, 0.1) is 13.2 Å². The highest BCUT2D eigenvalue weighted by Crippen LogP contribution is 2.41. The van der Waals surface area contributed by atoms with Crippen LogP contribution in [0, 0.1) is 0 Å². The fourth-order valence-corrected chi connectivity index (χ4v) is 2.70. The van der Waals surface area contributed by atoms with Gasteiger partial charge in [0.2, 0.25) is 5.88 Å². The predicted molar refractivity (Wildman–Crippen MR) is 77.9 cm³/mol. The highest BCUT2D eigenvalue weighted by molar-refractivity contribution is 9.10. The first-order valence-electron chi connectivity index (χ1n) is 6.31. The highest BCUT2D eigenvalue weighted by Gasteiger charge is 2.28. The van der Waals surface area contributed by atoms with E-state index in [0.717, 1.165) is 15.6 Å². The quantitative estimate of drug-likeness (QED) is 0.913. The average Bonchev–Trinajstić information content (AvgIpc) is 2.48. The minimum Gasteiger partial charge on any atom is -0.485 e. The molecular weight excluding hydrogens is 322 g/mol. The van der Waals surface area contributed by atoms with E-state index in [2.05, 4.69) is 20.9 Å². The summed E-state index contributed by atoms with van der Waals surface area (Å²) < 4.78 is 11.9. The van der Waals surface area contributed by atoms with Gasteiger partial charge in [-0.3, -0.25) is 0 Å². The van der Waals surface area contributed by atoms with Crippen molar-refractivity contribution in [3.05, 3.63) is 52.1 Å². The molecule has 2 atom stereocenters. The number of hydrogen-bond acceptors (Lipinski definition) is 4. The molecule has 0 saturated heterocycles. The first kappa shape index (κ1) is 13.4. The summed E-state index contributed by atoms with van der Waals surface area (Å²) in [7, 11) is 1.58. The fourth-order valence-electron chi connectivity index (χ4n) is 2.33. The number of hydrogen-bond donors (Lipinski definition) is 1. The number of pyridine rings is 1. The number of aliphatic hydroxyl groups is 1. The molecule has 1 aliphatic heterocycles. The van der Waals surface area contributed by atoms with Crippen LogP contribution in [0.2, 0.25) is 0 Å². The van der Waals surface area contributed by atoms with Crippen molar-refractivity contribution in [2.45, 2.75) is 18.6 Å². The van der Waals surface area contributed by atoms with Crippen LogP contribution in [0.25, 0.3) is 0 Å². The first-order valence-corrected chi connectivity index (χ1v) is 7.11. The summed E-state index contributed by atoms with van der Waals surface area (Å²) in [5.74, 6) is 1.28. The maximum atomic E-state index is 10.3. The minimum absolute atomic E-state index is 0.197. The van der Waals surface area contributed by atoms with E-state index < -0.39 is 6.10 Å². The van der Waals surface area contributed by atoms with E-state index in [9.17, 15) is 5.11 Å². The number of nitrogens with zero attached hydrogens (tertiary/aromatic N) is 1. The van der Waals surface area contributed by atoms with Crippen molar-refractivity contribution in [1.82, 2.24) is 4.98 Å². The van der Waals surface area contributed by atoms with E-state index >= 15 is 0 Å². The predicted octanol–water partition coefficient (Wildman–Crippen LogP) is 3.41. The van der Waals surface area contributed by atoms with Gasteiger partial charge in [-0.1, -0.05) is 15.9 Å². The van der Waals surface area contributed by atoms with Gasteiger partial charge in [-0.15, -0.1) is 0 Å². The Labute approximate surface area is 125 Å². The van der Waals surface area contributed by atoms with Gasteiger partial charge in [0.1, 0.15) is 11.9 Å². The van der Waals surface area contributed by atoms with Crippen molar-refractivity contribution < 1.29 is 14.6 Å². The van der Waals surface area contributed by atoms with E-state index in [0.29, 0.717) is 18.1 Å². The van der Waals surface area contributed by atoms with Crippen molar-refractivity contribution in [1.29, 1.82) is 0 Å². The van der Waals surface area contributed by atoms with E-state index in [-0.39, 0.29) is 6.10 Å². The van der Waals surface area contributed by atoms with Crippen LogP contribution in [-0.2, 0) is 0 Å². The lowest BCUT2D eigenvalue weighted by Gasteiger charge is -2.29. The lowest BCUT2D eigenvalue weighted by molar-refractivity contribution is 0.0655. The van der Waals surface area contributed by atoms with Crippen LogP contribution in [0.4, 0.5) is 0 Å². The third-order valence-electron chi connectivity index (χ3n) is 3.38. The van der Waals surface area contributed by atoms with E-state index in [1.807, 2.05) is 24.3 Å². The number of methoxy groups -OCH3 is 1. The number of halogens is 1. The summed E-state index contributed by atoms with van der Waals surface area (Å²) in [6.07, 6.45) is 1.50. The first-order chi connectivity index (χ1) is 9.67. The normalized spacial score (nSPS) is 20.9. The summed E-state index contributed by atoms with van der Waals surface area (Å²) in [5, 5.41) is 10.3. The molecule has 0 spiro atoms. The molecule has 104 valence electrons. The summed E-state index contributed by atoms with van der Waals surface area (Å²) >= 11 is 3.40. The van der Waals surface area contributed by atoms with Crippen molar-refractivity contribution in [3.8, 4) is 11.6 Å². The van der Waals surface area contributed by atoms with Crippen LogP contribution in [0.1, 0.15) is 29.8 Å². The molecule has 2 heterocycles. The summed E-state index contributed by atoms with van der Waals surface area (Å²) in [6, 6.07) is 9.36. The lowest BCUT2D eigenvalue weighted by atomic mass is 9.96. The Morgan fingerprint density at radius 1 is 1.35 bits per heavy atom. The van der Waals surface area contributed by atoms with Gasteiger partial charge in [0.25, 0.3) is 0 Å². The molecule has 1 aliphatic rings. The van der Waals surface area contributed by atoms with Gasteiger partial charge in [0, 0.05) is 34.3 Å². The molecule has 1 aromatic carbocycles. The minimum atomic E-state index is -0.539. The third kappa shape index (κ3) is 2.51. The Kier molecular flexibility index (Phi) is 3.63. The Morgan fingerprint density at radius 3 is 2.90 bits per heavy atom. The molecule has 4 nitrogen and oxygen atoms in total. The second kappa shape index (κ2) is 5.42.